The van der Waals surface area contributed by atoms with E-state index in [1.165, 1.54) is 17.6 Å². The number of hydrogen-bond donors (Lipinski definition) is 0. The third kappa shape index (κ3) is 2.22. The summed E-state index contributed by atoms with van der Waals surface area (Å²) in [6.07, 6.45) is 0. The van der Waals surface area contributed by atoms with E-state index in [-0.39, 0.29) is 5.92 Å². The SMILES string of the molecule is CC(C)C(=O)N1CC2C[N+](C)(C(C)C)CC2C1. The van der Waals surface area contributed by atoms with E-state index in [4.69, 9.17) is 0 Å². The van der Waals surface area contributed by atoms with Crippen molar-refractivity contribution in [3.8, 4) is 0 Å². The van der Waals surface area contributed by atoms with E-state index >= 15 is 0 Å². The number of nitrogens with zero attached hydrogens (tertiary/aromatic N) is 2. The van der Waals surface area contributed by atoms with Crippen LogP contribution in [0.1, 0.15) is 27.7 Å². The molecule has 0 aromatic heterocycles. The second kappa shape index (κ2) is 4.27. The minimum absolute atomic E-state index is 0.153. The second-order valence-corrected chi connectivity index (χ2v) is 6.86. The molecule has 98 valence electrons. The number of carbonyl (C=O) groups is 1. The number of rotatable bonds is 2. The van der Waals surface area contributed by atoms with Crippen LogP contribution in [0.15, 0.2) is 0 Å². The molecule has 0 aromatic rings. The van der Waals surface area contributed by atoms with Crippen LogP contribution in [0.25, 0.3) is 0 Å². The lowest BCUT2D eigenvalue weighted by Gasteiger charge is -2.36. The zero-order valence-electron chi connectivity index (χ0n) is 11.9. The molecule has 0 N–H and O–H groups in total. The number of quaternary nitrogens is 1. The van der Waals surface area contributed by atoms with E-state index in [0.29, 0.717) is 11.9 Å². The van der Waals surface area contributed by atoms with Gasteiger partial charge in [-0.1, -0.05) is 13.8 Å². The Morgan fingerprint density at radius 2 is 1.59 bits per heavy atom. The molecule has 17 heavy (non-hydrogen) atoms. The second-order valence-electron chi connectivity index (χ2n) is 6.86. The number of likely N-dealkylation sites (tertiary alicyclic amines) is 2. The van der Waals surface area contributed by atoms with Crippen LogP contribution in [0.5, 0.6) is 0 Å². The van der Waals surface area contributed by atoms with Crippen LogP contribution in [-0.4, -0.2) is 54.6 Å². The Kier molecular flexibility index (Phi) is 3.23. The van der Waals surface area contributed by atoms with Crippen LogP contribution in [0.2, 0.25) is 0 Å². The number of hydrogen-bond acceptors (Lipinski definition) is 1. The summed E-state index contributed by atoms with van der Waals surface area (Å²) in [6.45, 7) is 13.2. The molecule has 2 saturated heterocycles. The predicted octanol–water partition coefficient (Wildman–Crippen LogP) is 1.59. The summed E-state index contributed by atoms with van der Waals surface area (Å²) < 4.78 is 1.19. The van der Waals surface area contributed by atoms with Gasteiger partial charge in [-0.25, -0.2) is 0 Å². The molecule has 0 spiro atoms. The van der Waals surface area contributed by atoms with Crippen LogP contribution >= 0.6 is 0 Å². The first-order valence-corrected chi connectivity index (χ1v) is 6.96. The van der Waals surface area contributed by atoms with Gasteiger partial charge >= 0.3 is 0 Å². The number of fused-ring (bicyclic) bond motifs is 1. The molecular weight excluding hydrogens is 212 g/mol. The summed E-state index contributed by atoms with van der Waals surface area (Å²) in [7, 11) is 2.37. The van der Waals surface area contributed by atoms with Gasteiger partial charge in [0.2, 0.25) is 5.91 Å². The predicted molar refractivity (Wildman–Crippen MR) is 69.5 cm³/mol. The van der Waals surface area contributed by atoms with Gasteiger partial charge in [0.1, 0.15) is 0 Å². The highest BCUT2D eigenvalue weighted by molar-refractivity contribution is 5.78. The van der Waals surface area contributed by atoms with Crippen LogP contribution in [-0.2, 0) is 4.79 Å². The third-order valence-electron chi connectivity index (χ3n) is 4.93. The molecule has 0 aliphatic carbocycles. The zero-order valence-corrected chi connectivity index (χ0v) is 11.9. The fraction of sp³-hybridized carbons (Fsp3) is 0.929. The van der Waals surface area contributed by atoms with Gasteiger partial charge in [0, 0.05) is 30.8 Å². The molecule has 3 nitrogen and oxygen atoms in total. The largest absolute Gasteiger partial charge is 0.341 e. The fourth-order valence-electron chi connectivity index (χ4n) is 3.47. The van der Waals surface area contributed by atoms with Crippen molar-refractivity contribution < 1.29 is 9.28 Å². The zero-order chi connectivity index (χ0) is 12.8. The molecule has 2 aliphatic heterocycles. The maximum absolute atomic E-state index is 12.0. The van der Waals surface area contributed by atoms with Crippen LogP contribution in [0, 0.1) is 17.8 Å². The molecule has 2 heterocycles. The summed E-state index contributed by atoms with van der Waals surface area (Å²) in [5, 5.41) is 0. The third-order valence-corrected chi connectivity index (χ3v) is 4.93. The standard InChI is InChI=1S/C14H27N2O/c1-10(2)14(17)15-6-12-8-16(5,11(3)4)9-13(12)7-15/h10-13H,6-9H2,1-5H3/q+1. The molecule has 0 radical (unpaired) electrons. The molecule has 2 fully saturated rings. The van der Waals surface area contributed by atoms with Crippen molar-refractivity contribution in [2.24, 2.45) is 17.8 Å². The first-order chi connectivity index (χ1) is 7.83. The Bertz CT molecular complexity index is 297. The average molecular weight is 239 g/mol. The Morgan fingerprint density at radius 1 is 1.12 bits per heavy atom. The highest BCUT2D eigenvalue weighted by atomic mass is 16.2. The molecule has 0 saturated carbocycles. The maximum atomic E-state index is 12.0. The van der Waals surface area contributed by atoms with Crippen molar-refractivity contribution in [3.63, 3.8) is 0 Å². The van der Waals surface area contributed by atoms with Gasteiger partial charge in [0.25, 0.3) is 0 Å². The van der Waals surface area contributed by atoms with Crippen LogP contribution in [0.3, 0.4) is 0 Å². The fourth-order valence-corrected chi connectivity index (χ4v) is 3.47. The Labute approximate surface area is 105 Å². The monoisotopic (exact) mass is 239 g/mol. The molecule has 2 atom stereocenters. The van der Waals surface area contributed by atoms with Gasteiger partial charge in [0.15, 0.2) is 0 Å². The summed E-state index contributed by atoms with van der Waals surface area (Å²) in [4.78, 5) is 14.1. The molecule has 0 aromatic carbocycles. The lowest BCUT2D eigenvalue weighted by molar-refractivity contribution is -0.921. The van der Waals surface area contributed by atoms with Gasteiger partial charge in [-0.15, -0.1) is 0 Å². The van der Waals surface area contributed by atoms with E-state index in [1.807, 2.05) is 13.8 Å². The lowest BCUT2D eigenvalue weighted by atomic mass is 10.0. The van der Waals surface area contributed by atoms with Gasteiger partial charge < -0.3 is 9.38 Å². The molecule has 2 rings (SSSR count). The van der Waals surface area contributed by atoms with Crippen molar-refractivity contribution >= 4 is 5.91 Å². The Morgan fingerprint density at radius 3 is 1.94 bits per heavy atom. The topological polar surface area (TPSA) is 20.3 Å². The maximum Gasteiger partial charge on any atom is 0.225 e. The molecule has 2 aliphatic rings. The van der Waals surface area contributed by atoms with Gasteiger partial charge in [0.05, 0.1) is 26.2 Å². The van der Waals surface area contributed by atoms with Crippen molar-refractivity contribution in [2.45, 2.75) is 33.7 Å². The van der Waals surface area contributed by atoms with Crippen molar-refractivity contribution in [1.29, 1.82) is 0 Å². The Hall–Kier alpha value is -0.570. The van der Waals surface area contributed by atoms with Crippen LogP contribution in [0.4, 0.5) is 0 Å². The Balaban J connectivity index is 1.98. The lowest BCUT2D eigenvalue weighted by Crippen LogP contribution is -2.49. The van der Waals surface area contributed by atoms with Crippen molar-refractivity contribution in [3.05, 3.63) is 0 Å². The quantitative estimate of drug-likeness (QED) is 0.670. The van der Waals surface area contributed by atoms with E-state index in [2.05, 4.69) is 25.8 Å². The molecule has 3 heteroatoms. The van der Waals surface area contributed by atoms with Crippen molar-refractivity contribution in [1.82, 2.24) is 4.90 Å². The minimum Gasteiger partial charge on any atom is -0.341 e. The first kappa shape index (κ1) is 12.9. The minimum atomic E-state index is 0.153. The van der Waals surface area contributed by atoms with E-state index in [9.17, 15) is 4.79 Å². The smallest absolute Gasteiger partial charge is 0.225 e. The molecular formula is C14H27N2O+. The van der Waals surface area contributed by atoms with E-state index in [1.54, 1.807) is 0 Å². The summed E-state index contributed by atoms with van der Waals surface area (Å²) in [5.74, 6) is 1.98. The summed E-state index contributed by atoms with van der Waals surface area (Å²) in [6, 6.07) is 0.704. The molecule has 0 bridgehead atoms. The van der Waals surface area contributed by atoms with E-state index in [0.717, 1.165) is 24.9 Å². The van der Waals surface area contributed by atoms with Crippen molar-refractivity contribution in [2.75, 3.05) is 33.2 Å². The molecule has 1 amide bonds. The number of carbonyl (C=O) groups excluding carboxylic acids is 1. The highest BCUT2D eigenvalue weighted by Crippen LogP contribution is 2.36. The summed E-state index contributed by atoms with van der Waals surface area (Å²) in [5.41, 5.74) is 0. The number of amides is 1. The normalized spacial score (nSPS) is 37.0. The van der Waals surface area contributed by atoms with Gasteiger partial charge in [-0.3, -0.25) is 4.79 Å². The van der Waals surface area contributed by atoms with Gasteiger partial charge in [-0.05, 0) is 13.8 Å². The van der Waals surface area contributed by atoms with E-state index < -0.39 is 0 Å². The summed E-state index contributed by atoms with van der Waals surface area (Å²) >= 11 is 0. The van der Waals surface area contributed by atoms with Crippen LogP contribution < -0.4 is 0 Å². The molecule has 2 unspecified atom stereocenters. The average Bonchev–Trinajstić information content (AvgIpc) is 2.71. The first-order valence-electron chi connectivity index (χ1n) is 6.96. The highest BCUT2D eigenvalue weighted by Gasteiger charge is 2.49. The van der Waals surface area contributed by atoms with Gasteiger partial charge in [-0.2, -0.15) is 0 Å².